The summed E-state index contributed by atoms with van der Waals surface area (Å²) in [5, 5.41) is 3.04. The van der Waals surface area contributed by atoms with E-state index in [1.54, 1.807) is 0 Å². The lowest BCUT2D eigenvalue weighted by Gasteiger charge is -2.07. The van der Waals surface area contributed by atoms with Gasteiger partial charge in [0.15, 0.2) is 0 Å². The lowest BCUT2D eigenvalue weighted by molar-refractivity contribution is 0.0952. The molecule has 1 aromatic carbocycles. The van der Waals surface area contributed by atoms with Crippen LogP contribution < -0.4 is 5.32 Å². The minimum Gasteiger partial charge on any atom is -0.342 e. The number of halogens is 1. The number of benzene rings is 1. The summed E-state index contributed by atoms with van der Waals surface area (Å²) in [5.41, 5.74) is 2.03. The number of hydrogen-bond acceptors (Lipinski definition) is 1. The molecule has 3 rings (SSSR count). The highest BCUT2D eigenvalue weighted by Gasteiger charge is 2.51. The third kappa shape index (κ3) is 0.908. The molecule has 0 saturated heterocycles. The van der Waals surface area contributed by atoms with Crippen LogP contribution in [0, 0.1) is 0 Å². The lowest BCUT2D eigenvalue weighted by Crippen LogP contribution is -2.25. The van der Waals surface area contributed by atoms with Crippen molar-refractivity contribution < 1.29 is 4.79 Å². The predicted molar refractivity (Wildman–Crippen MR) is 52.5 cm³/mol. The first-order valence-corrected chi connectivity index (χ1v) is 5.13. The monoisotopic (exact) mass is 237 g/mol. The number of fused-ring (bicyclic) bond motifs is 2. The van der Waals surface area contributed by atoms with Crippen molar-refractivity contribution in [2.75, 3.05) is 0 Å². The number of carbonyl (C=O) groups is 1. The third-order valence-electron chi connectivity index (χ3n) is 2.84. The van der Waals surface area contributed by atoms with E-state index in [2.05, 4.69) is 27.3 Å². The second-order valence-electron chi connectivity index (χ2n) is 3.73. The fourth-order valence-electron chi connectivity index (χ4n) is 1.98. The highest BCUT2D eigenvalue weighted by molar-refractivity contribution is 9.10. The van der Waals surface area contributed by atoms with Gasteiger partial charge in [-0.3, -0.25) is 4.79 Å². The van der Waals surface area contributed by atoms with Gasteiger partial charge in [0.25, 0.3) is 5.91 Å². The zero-order chi connectivity index (χ0) is 9.05. The molecular weight excluding hydrogens is 230 g/mol. The van der Waals surface area contributed by atoms with Crippen molar-refractivity contribution in [2.24, 2.45) is 0 Å². The molecule has 0 atom stereocenters. The van der Waals surface area contributed by atoms with Crippen LogP contribution in [0.5, 0.6) is 0 Å². The summed E-state index contributed by atoms with van der Waals surface area (Å²) < 4.78 is 1.05. The summed E-state index contributed by atoms with van der Waals surface area (Å²) in [6.45, 7) is 0. The van der Waals surface area contributed by atoms with Crippen LogP contribution >= 0.6 is 15.9 Å². The molecule has 3 heteroatoms. The van der Waals surface area contributed by atoms with Crippen LogP contribution in [0.2, 0.25) is 0 Å². The summed E-state index contributed by atoms with van der Waals surface area (Å²) in [5.74, 6) is 0.0833. The average Bonchev–Trinajstić information content (AvgIpc) is 2.79. The van der Waals surface area contributed by atoms with Crippen molar-refractivity contribution in [3.05, 3.63) is 33.8 Å². The molecule has 1 aliphatic carbocycles. The third-order valence-corrected chi connectivity index (χ3v) is 3.34. The Morgan fingerprint density at radius 3 is 2.85 bits per heavy atom. The molecule has 2 nitrogen and oxygen atoms in total. The Bertz CT molecular complexity index is 409. The Morgan fingerprint density at radius 1 is 1.38 bits per heavy atom. The first-order chi connectivity index (χ1) is 6.21. The summed E-state index contributed by atoms with van der Waals surface area (Å²) >= 11 is 3.43. The number of carbonyl (C=O) groups excluding carboxylic acids is 1. The maximum absolute atomic E-state index is 11.5. The summed E-state index contributed by atoms with van der Waals surface area (Å²) in [6.07, 6.45) is 2.17. The average molecular weight is 238 g/mol. The Hall–Kier alpha value is -0.830. The molecule has 66 valence electrons. The largest absolute Gasteiger partial charge is 0.342 e. The van der Waals surface area contributed by atoms with Crippen molar-refractivity contribution in [3.63, 3.8) is 0 Å². The summed E-state index contributed by atoms with van der Waals surface area (Å²) in [4.78, 5) is 11.5. The van der Waals surface area contributed by atoms with Gasteiger partial charge in [0.2, 0.25) is 0 Å². The van der Waals surface area contributed by atoms with Crippen LogP contribution in [-0.4, -0.2) is 5.91 Å². The van der Waals surface area contributed by atoms with Gasteiger partial charge < -0.3 is 5.32 Å². The molecule has 1 aliphatic heterocycles. The quantitative estimate of drug-likeness (QED) is 0.737. The number of amides is 1. The maximum atomic E-state index is 11.5. The van der Waals surface area contributed by atoms with Crippen molar-refractivity contribution in [1.29, 1.82) is 0 Å². The first kappa shape index (κ1) is 7.56. The Morgan fingerprint density at radius 2 is 2.15 bits per heavy atom. The highest BCUT2D eigenvalue weighted by atomic mass is 79.9. The highest BCUT2D eigenvalue weighted by Crippen LogP contribution is 2.50. The van der Waals surface area contributed by atoms with Gasteiger partial charge in [-0.05, 0) is 36.6 Å². The first-order valence-electron chi connectivity index (χ1n) is 4.34. The molecule has 2 aliphatic rings. The van der Waals surface area contributed by atoms with E-state index in [1.165, 1.54) is 5.56 Å². The molecule has 1 amide bonds. The van der Waals surface area contributed by atoms with Gasteiger partial charge in [-0.25, -0.2) is 0 Å². The van der Waals surface area contributed by atoms with Crippen molar-refractivity contribution in [1.82, 2.24) is 5.32 Å². The van der Waals surface area contributed by atoms with E-state index in [4.69, 9.17) is 0 Å². The molecule has 1 N–H and O–H groups in total. The van der Waals surface area contributed by atoms with Gasteiger partial charge in [0.1, 0.15) is 0 Å². The van der Waals surface area contributed by atoms with Gasteiger partial charge in [-0.2, -0.15) is 0 Å². The van der Waals surface area contributed by atoms with Gasteiger partial charge in [0.05, 0.1) is 5.54 Å². The molecule has 1 fully saturated rings. The van der Waals surface area contributed by atoms with E-state index in [1.807, 2.05) is 12.1 Å². The molecular formula is C10H8BrNO. The number of nitrogens with one attached hydrogen (secondary N) is 1. The number of rotatable bonds is 0. The van der Waals surface area contributed by atoms with Gasteiger partial charge in [-0.1, -0.05) is 15.9 Å². The minimum atomic E-state index is 0.0101. The normalized spacial score (nSPS) is 21.5. The second kappa shape index (κ2) is 2.15. The minimum absolute atomic E-state index is 0.0101. The fourth-order valence-corrected chi connectivity index (χ4v) is 2.34. The standard InChI is InChI=1S/C10H8BrNO/c11-6-1-2-7-8(5-6)10(3-4-10)12-9(7)13/h1-2,5H,3-4H2,(H,12,13). The van der Waals surface area contributed by atoms with E-state index in [-0.39, 0.29) is 11.4 Å². The number of hydrogen-bond donors (Lipinski definition) is 1. The van der Waals surface area contributed by atoms with Gasteiger partial charge >= 0.3 is 0 Å². The molecule has 0 radical (unpaired) electrons. The Balaban J connectivity index is 2.26. The molecule has 0 aromatic heterocycles. The lowest BCUT2D eigenvalue weighted by atomic mass is 10.0. The van der Waals surface area contributed by atoms with Crippen molar-refractivity contribution in [3.8, 4) is 0 Å². The molecule has 13 heavy (non-hydrogen) atoms. The maximum Gasteiger partial charge on any atom is 0.252 e. The molecule has 1 spiro atoms. The molecule has 1 heterocycles. The fraction of sp³-hybridized carbons (Fsp3) is 0.300. The summed E-state index contributed by atoms with van der Waals surface area (Å²) in [7, 11) is 0. The van der Waals surface area contributed by atoms with Crippen molar-refractivity contribution >= 4 is 21.8 Å². The smallest absolute Gasteiger partial charge is 0.252 e. The van der Waals surface area contributed by atoms with E-state index in [0.717, 1.165) is 22.9 Å². The predicted octanol–water partition coefficient (Wildman–Crippen LogP) is 2.18. The topological polar surface area (TPSA) is 29.1 Å². The van der Waals surface area contributed by atoms with E-state index < -0.39 is 0 Å². The van der Waals surface area contributed by atoms with Crippen LogP contribution in [0.25, 0.3) is 0 Å². The molecule has 0 unspecified atom stereocenters. The van der Waals surface area contributed by atoms with Crippen LogP contribution in [0.1, 0.15) is 28.8 Å². The van der Waals surface area contributed by atoms with Gasteiger partial charge in [-0.15, -0.1) is 0 Å². The Labute approximate surface area is 84.5 Å². The van der Waals surface area contributed by atoms with Crippen LogP contribution in [0.4, 0.5) is 0 Å². The zero-order valence-corrected chi connectivity index (χ0v) is 8.52. The molecule has 1 aromatic rings. The van der Waals surface area contributed by atoms with Crippen LogP contribution in [0.3, 0.4) is 0 Å². The van der Waals surface area contributed by atoms with Crippen molar-refractivity contribution in [2.45, 2.75) is 18.4 Å². The van der Waals surface area contributed by atoms with E-state index in [0.29, 0.717) is 0 Å². The van der Waals surface area contributed by atoms with E-state index >= 15 is 0 Å². The SMILES string of the molecule is O=C1NC2(CC2)c2cc(Br)ccc21. The Kier molecular flexibility index (Phi) is 1.25. The van der Waals surface area contributed by atoms with Crippen LogP contribution in [-0.2, 0) is 5.54 Å². The zero-order valence-electron chi connectivity index (χ0n) is 6.93. The molecule has 1 saturated carbocycles. The second-order valence-corrected chi connectivity index (χ2v) is 4.64. The van der Waals surface area contributed by atoms with Gasteiger partial charge in [0, 0.05) is 10.0 Å². The van der Waals surface area contributed by atoms with Crippen LogP contribution in [0.15, 0.2) is 22.7 Å². The molecule has 0 bridgehead atoms. The summed E-state index contributed by atoms with van der Waals surface area (Å²) in [6, 6.07) is 5.86. The van der Waals surface area contributed by atoms with E-state index in [9.17, 15) is 4.79 Å².